The molecule has 2 aliphatic heterocycles. The SMILES string of the molecule is CN1CCN(C(=O)c2ccc(-c3ccc(=N)n(C(C)(N)C(F)(F)c4ccc5c(c4)CCO5)n3)s2)CC1. The molecule has 0 saturated carbocycles. The van der Waals surface area contributed by atoms with Crippen LogP contribution in [0.2, 0.25) is 0 Å². The van der Waals surface area contributed by atoms with Gasteiger partial charge in [0.2, 0.25) is 0 Å². The van der Waals surface area contributed by atoms with Crippen molar-refractivity contribution < 1.29 is 18.3 Å². The number of thiophene rings is 1. The zero-order chi connectivity index (χ0) is 25.7. The van der Waals surface area contributed by atoms with Gasteiger partial charge < -0.3 is 20.3 Å². The van der Waals surface area contributed by atoms with E-state index >= 15 is 8.78 Å². The molecule has 1 unspecified atom stereocenters. The van der Waals surface area contributed by atoms with Crippen LogP contribution in [0.3, 0.4) is 0 Å². The van der Waals surface area contributed by atoms with Gasteiger partial charge in [-0.25, -0.2) is 4.68 Å². The van der Waals surface area contributed by atoms with Gasteiger partial charge in [0.25, 0.3) is 5.91 Å². The topological polar surface area (TPSA) is 100 Å². The Morgan fingerprint density at radius 1 is 1.14 bits per heavy atom. The van der Waals surface area contributed by atoms with E-state index < -0.39 is 11.6 Å². The van der Waals surface area contributed by atoms with E-state index in [9.17, 15) is 4.79 Å². The van der Waals surface area contributed by atoms with Crippen LogP contribution < -0.4 is 16.0 Å². The summed E-state index contributed by atoms with van der Waals surface area (Å²) >= 11 is 1.25. The smallest absolute Gasteiger partial charge is 0.310 e. The number of rotatable bonds is 5. The van der Waals surface area contributed by atoms with Crippen molar-refractivity contribution in [3.05, 3.63) is 64.0 Å². The summed E-state index contributed by atoms with van der Waals surface area (Å²) in [6.45, 7) is 4.57. The maximum Gasteiger partial charge on any atom is 0.310 e. The third kappa shape index (κ3) is 4.21. The molecule has 8 nitrogen and oxygen atoms in total. The minimum Gasteiger partial charge on any atom is -0.493 e. The molecule has 1 saturated heterocycles. The molecule has 1 atom stereocenters. The number of carbonyl (C=O) groups is 1. The van der Waals surface area contributed by atoms with E-state index in [1.807, 2.05) is 11.9 Å². The monoisotopic (exact) mass is 514 g/mol. The second-order valence-corrected chi connectivity index (χ2v) is 10.5. The quantitative estimate of drug-likeness (QED) is 0.546. The molecule has 0 aliphatic carbocycles. The van der Waals surface area contributed by atoms with Crippen LogP contribution in [0.25, 0.3) is 10.6 Å². The highest BCUT2D eigenvalue weighted by atomic mass is 32.1. The molecule has 2 aromatic heterocycles. The molecule has 0 bridgehead atoms. The molecule has 1 amide bonds. The Labute approximate surface area is 211 Å². The third-order valence-corrected chi connectivity index (χ3v) is 7.92. The number of likely N-dealkylation sites (N-methyl/N-ethyl adjacent to an activating group) is 1. The Kier molecular flexibility index (Phi) is 6.17. The number of hydrogen-bond acceptors (Lipinski definition) is 7. The van der Waals surface area contributed by atoms with Crippen LogP contribution in [0.4, 0.5) is 8.78 Å². The maximum atomic E-state index is 15.8. The lowest BCUT2D eigenvalue weighted by molar-refractivity contribution is -0.117. The van der Waals surface area contributed by atoms with Crippen LogP contribution in [0.15, 0.2) is 42.5 Å². The molecule has 5 rings (SSSR count). The number of ether oxygens (including phenoxy) is 1. The van der Waals surface area contributed by atoms with Gasteiger partial charge in [0.15, 0.2) is 5.66 Å². The van der Waals surface area contributed by atoms with Crippen molar-refractivity contribution in [1.82, 2.24) is 19.6 Å². The third-order valence-electron chi connectivity index (χ3n) is 6.82. The first-order chi connectivity index (χ1) is 17.1. The Morgan fingerprint density at radius 3 is 2.64 bits per heavy atom. The van der Waals surface area contributed by atoms with Crippen LogP contribution in [-0.4, -0.2) is 65.3 Å². The molecule has 0 spiro atoms. The number of nitrogens with two attached hydrogens (primary N) is 1. The standard InChI is InChI=1S/C25H28F2N6O2S/c1-24(29,25(26,27)17-3-5-19-16(15-17)9-14-35-19)33-22(28)8-4-18(30-33)20-6-7-21(36-20)23(34)32-12-10-31(2)11-13-32/h3-8,15,28H,9-14,29H2,1-2H3. The molecule has 190 valence electrons. The van der Waals surface area contributed by atoms with E-state index in [1.54, 1.807) is 18.2 Å². The Bertz CT molecular complexity index is 1360. The van der Waals surface area contributed by atoms with Gasteiger partial charge in [0, 0.05) is 38.2 Å². The number of aromatic nitrogens is 2. The number of benzene rings is 1. The predicted molar refractivity (Wildman–Crippen MR) is 132 cm³/mol. The minimum atomic E-state index is -3.53. The largest absolute Gasteiger partial charge is 0.493 e. The van der Waals surface area contributed by atoms with Gasteiger partial charge in [-0.3, -0.25) is 10.2 Å². The molecule has 36 heavy (non-hydrogen) atoms. The predicted octanol–water partition coefficient (Wildman–Crippen LogP) is 2.84. The molecular weight excluding hydrogens is 486 g/mol. The van der Waals surface area contributed by atoms with E-state index in [2.05, 4.69) is 10.00 Å². The lowest BCUT2D eigenvalue weighted by atomic mass is 9.94. The first-order valence-corrected chi connectivity index (χ1v) is 12.6. The normalized spacial score (nSPS) is 18.0. The summed E-state index contributed by atoms with van der Waals surface area (Å²) in [5, 5.41) is 12.6. The summed E-state index contributed by atoms with van der Waals surface area (Å²) in [6.07, 6.45) is 0.554. The Balaban J connectivity index is 1.44. The maximum absolute atomic E-state index is 15.8. The Hall–Kier alpha value is -3.15. The van der Waals surface area contributed by atoms with E-state index in [0.717, 1.165) is 17.8 Å². The summed E-state index contributed by atoms with van der Waals surface area (Å²) in [6, 6.07) is 10.7. The fourth-order valence-corrected chi connectivity index (χ4v) is 5.41. The fraction of sp³-hybridized carbons (Fsp3) is 0.400. The summed E-state index contributed by atoms with van der Waals surface area (Å²) < 4.78 is 37.9. The molecule has 3 N–H and O–H groups in total. The van der Waals surface area contributed by atoms with Gasteiger partial charge in [-0.15, -0.1) is 11.3 Å². The molecule has 2 aliphatic rings. The number of amides is 1. The molecule has 11 heteroatoms. The summed E-state index contributed by atoms with van der Waals surface area (Å²) in [5.74, 6) is -2.99. The van der Waals surface area contributed by atoms with Crippen molar-refractivity contribution in [3.63, 3.8) is 0 Å². The first kappa shape index (κ1) is 24.5. The summed E-state index contributed by atoms with van der Waals surface area (Å²) in [5.41, 5.74) is 4.47. The molecular formula is C25H28F2N6O2S. The van der Waals surface area contributed by atoms with Gasteiger partial charge >= 0.3 is 5.92 Å². The van der Waals surface area contributed by atoms with Crippen molar-refractivity contribution in [2.24, 2.45) is 5.73 Å². The lowest BCUT2D eigenvalue weighted by Gasteiger charge is -2.35. The van der Waals surface area contributed by atoms with Gasteiger partial charge in [-0.05, 0) is 62.0 Å². The number of alkyl halides is 2. The molecule has 1 aromatic carbocycles. The van der Waals surface area contributed by atoms with E-state index in [0.29, 0.717) is 52.9 Å². The van der Waals surface area contributed by atoms with Crippen molar-refractivity contribution in [2.75, 3.05) is 39.8 Å². The molecule has 3 aromatic rings. The van der Waals surface area contributed by atoms with Crippen LogP contribution >= 0.6 is 11.3 Å². The number of piperazine rings is 1. The average Bonchev–Trinajstić information content (AvgIpc) is 3.53. The number of hydrogen-bond donors (Lipinski definition) is 2. The highest BCUT2D eigenvalue weighted by Gasteiger charge is 2.52. The van der Waals surface area contributed by atoms with Crippen LogP contribution in [0.1, 0.15) is 27.7 Å². The van der Waals surface area contributed by atoms with Crippen molar-refractivity contribution in [2.45, 2.75) is 24.9 Å². The molecule has 1 fully saturated rings. The van der Waals surface area contributed by atoms with Gasteiger partial charge in [0.05, 0.1) is 16.4 Å². The number of fused-ring (bicyclic) bond motifs is 1. The second kappa shape index (κ2) is 9.06. The number of halogens is 2. The summed E-state index contributed by atoms with van der Waals surface area (Å²) in [7, 11) is 2.02. The van der Waals surface area contributed by atoms with Crippen LogP contribution in [-0.2, 0) is 18.0 Å². The zero-order valence-electron chi connectivity index (χ0n) is 20.1. The van der Waals surface area contributed by atoms with Gasteiger partial charge in [-0.1, -0.05) is 0 Å². The van der Waals surface area contributed by atoms with E-state index in [-0.39, 0.29) is 17.0 Å². The zero-order valence-corrected chi connectivity index (χ0v) is 20.9. The number of nitrogens with zero attached hydrogens (tertiary/aromatic N) is 4. The fourth-order valence-electron chi connectivity index (χ4n) is 4.47. The Morgan fingerprint density at radius 2 is 1.89 bits per heavy atom. The minimum absolute atomic E-state index is 0.0554. The second-order valence-electron chi connectivity index (χ2n) is 9.42. The highest BCUT2D eigenvalue weighted by molar-refractivity contribution is 7.17. The van der Waals surface area contributed by atoms with Crippen molar-refractivity contribution in [3.8, 4) is 16.3 Å². The molecule has 0 radical (unpaired) electrons. The van der Waals surface area contributed by atoms with Gasteiger partial charge in [0.1, 0.15) is 16.9 Å². The van der Waals surface area contributed by atoms with Crippen molar-refractivity contribution >= 4 is 17.2 Å². The summed E-state index contributed by atoms with van der Waals surface area (Å²) in [4.78, 5) is 18.1. The van der Waals surface area contributed by atoms with E-state index in [4.69, 9.17) is 15.9 Å². The average molecular weight is 515 g/mol. The van der Waals surface area contributed by atoms with Crippen LogP contribution in [0, 0.1) is 5.41 Å². The number of carbonyl (C=O) groups excluding carboxylic acids is 1. The van der Waals surface area contributed by atoms with Gasteiger partial charge in [-0.2, -0.15) is 13.9 Å². The molecule has 4 heterocycles. The number of nitrogens with one attached hydrogen (secondary N) is 1. The van der Waals surface area contributed by atoms with Crippen molar-refractivity contribution in [1.29, 1.82) is 5.41 Å². The first-order valence-electron chi connectivity index (χ1n) is 11.7. The lowest BCUT2D eigenvalue weighted by Crippen LogP contribution is -2.57. The van der Waals surface area contributed by atoms with E-state index in [1.165, 1.54) is 42.5 Å². The van der Waals surface area contributed by atoms with Crippen LogP contribution in [0.5, 0.6) is 5.75 Å². The highest BCUT2D eigenvalue weighted by Crippen LogP contribution is 2.42.